The maximum Gasteiger partial charge on any atom is 0.303 e. The molecule has 0 bridgehead atoms. The largest absolute Gasteiger partial charge is 0.494 e. The van der Waals surface area contributed by atoms with Crippen LogP contribution in [0.1, 0.15) is 72.7 Å². The number of nitrogens with zero attached hydrogens (tertiary/aromatic N) is 2. The molecule has 0 aliphatic carbocycles. The molecule has 41 heavy (non-hydrogen) atoms. The number of hydrogen-bond acceptors (Lipinski definition) is 6. The van der Waals surface area contributed by atoms with E-state index >= 15 is 0 Å². The van der Waals surface area contributed by atoms with Crippen LogP contribution in [0.2, 0.25) is 0 Å². The lowest BCUT2D eigenvalue weighted by molar-refractivity contribution is -0.137. The van der Waals surface area contributed by atoms with Gasteiger partial charge in [0.15, 0.2) is 0 Å². The number of allylic oxidation sites excluding steroid dienone is 1. The molecule has 9 nitrogen and oxygen atoms in total. The van der Waals surface area contributed by atoms with Crippen LogP contribution in [0, 0.1) is 11.8 Å². The number of hydrogen-bond donors (Lipinski definition) is 2. The SMILES string of the molecule is CCCOc1ccc2c(c1)C(=O)N(C(CCC(=O)O)C1(C(CC(C)C)C(=O)NCc3ccccc3)C=CC=N1)C2=O. The average Bonchev–Trinajstić information content (AvgIpc) is 3.54. The first-order chi connectivity index (χ1) is 19.7. The van der Waals surface area contributed by atoms with Crippen LogP contribution < -0.4 is 10.1 Å². The lowest BCUT2D eigenvalue weighted by Crippen LogP contribution is -2.59. The molecule has 0 aromatic heterocycles. The van der Waals surface area contributed by atoms with Crippen LogP contribution in [0.15, 0.2) is 65.7 Å². The molecule has 0 saturated heterocycles. The molecule has 3 amide bonds. The average molecular weight is 560 g/mol. The van der Waals surface area contributed by atoms with Crippen LogP contribution >= 0.6 is 0 Å². The van der Waals surface area contributed by atoms with Crippen LogP contribution in [0.5, 0.6) is 5.75 Å². The summed E-state index contributed by atoms with van der Waals surface area (Å²) in [6.07, 6.45) is 5.80. The van der Waals surface area contributed by atoms with Gasteiger partial charge in [-0.15, -0.1) is 0 Å². The minimum Gasteiger partial charge on any atom is -0.494 e. The Bertz CT molecular complexity index is 1340. The first-order valence-corrected chi connectivity index (χ1v) is 14.1. The number of rotatable bonds is 14. The van der Waals surface area contributed by atoms with Crippen molar-refractivity contribution in [3.63, 3.8) is 0 Å². The zero-order valence-electron chi connectivity index (χ0n) is 23.7. The number of fused-ring (bicyclic) bond motifs is 1. The standard InChI is InChI=1S/C32H37N3O6/c1-4-17-41-23-11-12-24-25(19-23)31(40)35(30(24)39)27(13-14-28(36)37)32(15-8-16-34-32)26(18-21(2)3)29(38)33-20-22-9-6-5-7-10-22/h5-12,15-16,19,21,26-27H,4,13-14,17-18,20H2,1-3H3,(H,33,38)(H,36,37). The van der Waals surface area contributed by atoms with Gasteiger partial charge in [0.05, 0.1) is 29.7 Å². The van der Waals surface area contributed by atoms with Gasteiger partial charge in [0.25, 0.3) is 11.8 Å². The second-order valence-corrected chi connectivity index (χ2v) is 10.9. The maximum atomic E-state index is 13.9. The van der Waals surface area contributed by atoms with Gasteiger partial charge in [-0.1, -0.05) is 57.2 Å². The highest BCUT2D eigenvalue weighted by molar-refractivity contribution is 6.22. The van der Waals surface area contributed by atoms with Crippen LogP contribution in [0.4, 0.5) is 0 Å². The van der Waals surface area contributed by atoms with Crippen molar-refractivity contribution in [2.75, 3.05) is 6.61 Å². The summed E-state index contributed by atoms with van der Waals surface area (Å²) in [7, 11) is 0. The number of nitrogens with one attached hydrogen (secondary N) is 1. The van der Waals surface area contributed by atoms with Gasteiger partial charge in [-0.05, 0) is 55.0 Å². The van der Waals surface area contributed by atoms with Crippen LogP contribution in [-0.4, -0.2) is 58.1 Å². The normalized spacial score (nSPS) is 19.0. The van der Waals surface area contributed by atoms with Crippen LogP contribution in [-0.2, 0) is 16.1 Å². The van der Waals surface area contributed by atoms with Crippen LogP contribution in [0.25, 0.3) is 0 Å². The lowest BCUT2D eigenvalue weighted by Gasteiger charge is -2.43. The molecule has 216 valence electrons. The first-order valence-electron chi connectivity index (χ1n) is 14.1. The highest BCUT2D eigenvalue weighted by atomic mass is 16.5. The number of carbonyl (C=O) groups excluding carboxylic acids is 3. The van der Waals surface area contributed by atoms with Gasteiger partial charge in [0.2, 0.25) is 5.91 Å². The number of carboxylic acids is 1. The minimum absolute atomic E-state index is 0.0672. The molecule has 2 heterocycles. The summed E-state index contributed by atoms with van der Waals surface area (Å²) < 4.78 is 5.69. The fraction of sp³-hybridized carbons (Fsp3) is 0.406. The van der Waals surface area contributed by atoms with Gasteiger partial charge in [-0.25, -0.2) is 0 Å². The smallest absolute Gasteiger partial charge is 0.303 e. The third-order valence-electron chi connectivity index (χ3n) is 7.48. The van der Waals surface area contributed by atoms with Crippen molar-refractivity contribution in [1.29, 1.82) is 0 Å². The number of carboxylic acid groups (broad SMARTS) is 1. The highest BCUT2D eigenvalue weighted by Crippen LogP contribution is 2.42. The molecule has 2 aliphatic heterocycles. The second-order valence-electron chi connectivity index (χ2n) is 10.9. The van der Waals surface area contributed by atoms with E-state index in [2.05, 4.69) is 5.32 Å². The molecule has 2 aromatic carbocycles. The third kappa shape index (κ3) is 6.39. The maximum absolute atomic E-state index is 13.9. The molecule has 0 saturated carbocycles. The van der Waals surface area contributed by atoms with Gasteiger partial charge in [0.1, 0.15) is 11.3 Å². The van der Waals surface area contributed by atoms with Crippen molar-refractivity contribution in [3.8, 4) is 5.75 Å². The highest BCUT2D eigenvalue weighted by Gasteiger charge is 2.54. The van der Waals surface area contributed by atoms with Gasteiger partial charge >= 0.3 is 5.97 Å². The number of amides is 3. The number of aliphatic imine (C=N–C) groups is 1. The van der Waals surface area contributed by atoms with Crippen molar-refractivity contribution < 1.29 is 29.0 Å². The van der Waals surface area contributed by atoms with E-state index in [4.69, 9.17) is 9.73 Å². The third-order valence-corrected chi connectivity index (χ3v) is 7.48. The molecule has 3 atom stereocenters. The summed E-state index contributed by atoms with van der Waals surface area (Å²) in [5.41, 5.74) is -0.00390. The zero-order chi connectivity index (χ0) is 29.6. The van der Waals surface area contributed by atoms with Gasteiger partial charge < -0.3 is 15.2 Å². The lowest BCUT2D eigenvalue weighted by atomic mass is 9.72. The van der Waals surface area contributed by atoms with E-state index in [0.717, 1.165) is 16.9 Å². The van der Waals surface area contributed by atoms with Crippen LogP contribution in [0.3, 0.4) is 0 Å². The van der Waals surface area contributed by atoms with Crippen molar-refractivity contribution in [2.45, 2.75) is 64.6 Å². The molecule has 2 aromatic rings. The Labute approximate surface area is 240 Å². The van der Waals surface area contributed by atoms with Gasteiger partial charge in [-0.3, -0.25) is 29.1 Å². The Hall–Kier alpha value is -4.27. The number of benzene rings is 2. The molecule has 9 heteroatoms. The van der Waals surface area contributed by atoms with Gasteiger partial charge in [0, 0.05) is 19.2 Å². The fourth-order valence-corrected chi connectivity index (χ4v) is 5.59. The summed E-state index contributed by atoms with van der Waals surface area (Å²) in [6, 6.07) is 13.3. The molecule has 4 rings (SSSR count). The predicted octanol–water partition coefficient (Wildman–Crippen LogP) is 4.66. The quantitative estimate of drug-likeness (QED) is 0.324. The Morgan fingerprint density at radius 2 is 1.80 bits per heavy atom. The van der Waals surface area contributed by atoms with Crippen molar-refractivity contribution in [2.24, 2.45) is 16.8 Å². The Morgan fingerprint density at radius 3 is 2.44 bits per heavy atom. The van der Waals surface area contributed by atoms with Crippen molar-refractivity contribution in [1.82, 2.24) is 10.2 Å². The van der Waals surface area contributed by atoms with E-state index in [1.807, 2.05) is 51.1 Å². The number of imide groups is 1. The Balaban J connectivity index is 1.74. The monoisotopic (exact) mass is 559 g/mol. The zero-order valence-corrected chi connectivity index (χ0v) is 23.7. The van der Waals surface area contributed by atoms with E-state index in [0.29, 0.717) is 25.3 Å². The van der Waals surface area contributed by atoms with E-state index in [9.17, 15) is 24.3 Å². The number of ether oxygens (including phenoxy) is 1. The number of carbonyl (C=O) groups is 4. The second kappa shape index (κ2) is 12.9. The van der Waals surface area contributed by atoms with E-state index in [-0.39, 0.29) is 35.8 Å². The van der Waals surface area contributed by atoms with E-state index in [1.165, 1.54) is 0 Å². The summed E-state index contributed by atoms with van der Waals surface area (Å²) >= 11 is 0. The van der Waals surface area contributed by atoms with Crippen molar-refractivity contribution in [3.05, 3.63) is 77.4 Å². The summed E-state index contributed by atoms with van der Waals surface area (Å²) in [4.78, 5) is 59.2. The molecule has 0 radical (unpaired) electrons. The van der Waals surface area contributed by atoms with Gasteiger partial charge in [-0.2, -0.15) is 0 Å². The van der Waals surface area contributed by atoms with E-state index < -0.39 is 35.3 Å². The Kier molecular flexibility index (Phi) is 9.37. The minimum atomic E-state index is -1.34. The molecule has 2 N–H and O–H groups in total. The number of aliphatic carboxylic acids is 1. The predicted molar refractivity (Wildman–Crippen MR) is 155 cm³/mol. The summed E-state index contributed by atoms with van der Waals surface area (Å²) in [6.45, 7) is 6.70. The Morgan fingerprint density at radius 1 is 1.07 bits per heavy atom. The molecule has 2 aliphatic rings. The molecule has 0 spiro atoms. The topological polar surface area (TPSA) is 125 Å². The molecular formula is C32H37N3O6. The molecule has 0 fully saturated rings. The molecular weight excluding hydrogens is 522 g/mol. The molecule has 3 unspecified atom stereocenters. The summed E-state index contributed by atoms with van der Waals surface area (Å²) in [5.74, 6) is -2.66. The fourth-order valence-electron chi connectivity index (χ4n) is 5.59. The first kappa shape index (κ1) is 29.7. The van der Waals surface area contributed by atoms with E-state index in [1.54, 1.807) is 36.6 Å². The van der Waals surface area contributed by atoms with Crippen molar-refractivity contribution >= 4 is 29.9 Å². The summed E-state index contributed by atoms with van der Waals surface area (Å²) in [5, 5.41) is 12.6.